The van der Waals surface area contributed by atoms with Crippen molar-refractivity contribution in [2.45, 2.75) is 17.7 Å². The van der Waals surface area contributed by atoms with E-state index in [2.05, 4.69) is 39.5 Å². The molecule has 1 aromatic carbocycles. The van der Waals surface area contributed by atoms with Crippen LogP contribution in [0.3, 0.4) is 0 Å². The zero-order chi connectivity index (χ0) is 17.7. The van der Waals surface area contributed by atoms with E-state index in [1.165, 1.54) is 11.3 Å². The van der Waals surface area contributed by atoms with Crippen molar-refractivity contribution in [3.63, 3.8) is 0 Å². The van der Waals surface area contributed by atoms with Crippen molar-refractivity contribution in [1.82, 2.24) is 10.2 Å². The van der Waals surface area contributed by atoms with Crippen LogP contribution in [-0.4, -0.2) is 63.2 Å². The van der Waals surface area contributed by atoms with Crippen LogP contribution in [0.2, 0.25) is 0 Å². The Morgan fingerprint density at radius 3 is 2.76 bits per heavy atom. The average molecular weight is 382 g/mol. The van der Waals surface area contributed by atoms with Gasteiger partial charge in [0.1, 0.15) is 0 Å². The average Bonchev–Trinajstić information content (AvgIpc) is 3.21. The van der Waals surface area contributed by atoms with Gasteiger partial charge in [0.25, 0.3) is 0 Å². The number of sulfone groups is 1. The molecule has 1 aromatic rings. The lowest BCUT2D eigenvalue weighted by Crippen LogP contribution is -2.42. The Balaban J connectivity index is 1.43. The molecule has 7 heteroatoms. The molecule has 25 heavy (non-hydrogen) atoms. The maximum atomic E-state index is 11.6. The molecule has 0 aromatic heterocycles. The first-order chi connectivity index (χ1) is 12.1. The summed E-state index contributed by atoms with van der Waals surface area (Å²) in [6.45, 7) is 2.73. The van der Waals surface area contributed by atoms with Crippen molar-refractivity contribution in [2.24, 2.45) is 16.8 Å². The Morgan fingerprint density at radius 2 is 2.08 bits per heavy atom. The number of thioether (sulfide) groups is 1. The number of benzene rings is 1. The number of nitrogens with zero attached hydrogens (tertiary/aromatic N) is 2. The second-order valence-corrected chi connectivity index (χ2v) is 10.2. The van der Waals surface area contributed by atoms with Gasteiger partial charge in [-0.1, -0.05) is 18.2 Å². The molecule has 0 saturated carbocycles. The minimum Gasteiger partial charge on any atom is -0.356 e. The molecule has 2 aliphatic rings. The number of guanidine groups is 1. The van der Waals surface area contributed by atoms with E-state index < -0.39 is 9.84 Å². The molecule has 1 N–H and O–H groups in total. The molecule has 0 bridgehead atoms. The lowest BCUT2D eigenvalue weighted by molar-refractivity contribution is 0.462. The van der Waals surface area contributed by atoms with Crippen molar-refractivity contribution in [3.05, 3.63) is 30.3 Å². The summed E-state index contributed by atoms with van der Waals surface area (Å²) in [4.78, 5) is 8.03. The van der Waals surface area contributed by atoms with Crippen LogP contribution in [0.5, 0.6) is 0 Å². The van der Waals surface area contributed by atoms with E-state index in [0.717, 1.165) is 31.2 Å². The fraction of sp³-hybridized carbons (Fsp3) is 0.611. The van der Waals surface area contributed by atoms with E-state index >= 15 is 0 Å². The van der Waals surface area contributed by atoms with Gasteiger partial charge >= 0.3 is 0 Å². The molecule has 138 valence electrons. The molecule has 0 radical (unpaired) electrons. The zero-order valence-electron chi connectivity index (χ0n) is 14.7. The van der Waals surface area contributed by atoms with Gasteiger partial charge in [-0.3, -0.25) is 4.99 Å². The third-order valence-corrected chi connectivity index (χ3v) is 7.98. The maximum Gasteiger partial charge on any atom is 0.193 e. The van der Waals surface area contributed by atoms with E-state index in [1.807, 2.05) is 17.8 Å². The number of hydrogen-bond acceptors (Lipinski definition) is 4. The smallest absolute Gasteiger partial charge is 0.193 e. The maximum absolute atomic E-state index is 11.6. The summed E-state index contributed by atoms with van der Waals surface area (Å²) in [7, 11) is -1.00. The van der Waals surface area contributed by atoms with Crippen molar-refractivity contribution in [3.8, 4) is 0 Å². The molecule has 2 saturated heterocycles. The first-order valence-electron chi connectivity index (χ1n) is 8.89. The quantitative estimate of drug-likeness (QED) is 0.481. The first kappa shape index (κ1) is 18.6. The van der Waals surface area contributed by atoms with Gasteiger partial charge in [-0.2, -0.15) is 0 Å². The highest BCUT2D eigenvalue weighted by molar-refractivity contribution is 7.99. The van der Waals surface area contributed by atoms with Gasteiger partial charge in [-0.25, -0.2) is 8.42 Å². The monoisotopic (exact) mass is 381 g/mol. The van der Waals surface area contributed by atoms with Gasteiger partial charge in [-0.05, 0) is 36.8 Å². The number of likely N-dealkylation sites (tertiary alicyclic amines) is 1. The Morgan fingerprint density at radius 1 is 1.28 bits per heavy atom. The molecular formula is C18H27N3O2S2. The third-order valence-electron chi connectivity index (χ3n) is 4.90. The van der Waals surface area contributed by atoms with Gasteiger partial charge in [-0.15, -0.1) is 11.8 Å². The van der Waals surface area contributed by atoms with Crippen LogP contribution in [0.4, 0.5) is 0 Å². The number of aliphatic imine (C=N–C) groups is 1. The molecule has 5 nitrogen and oxygen atoms in total. The summed E-state index contributed by atoms with van der Waals surface area (Å²) in [6.07, 6.45) is 1.95. The second-order valence-electron chi connectivity index (χ2n) is 6.92. The van der Waals surface area contributed by atoms with Gasteiger partial charge in [0.05, 0.1) is 11.5 Å². The van der Waals surface area contributed by atoms with Crippen molar-refractivity contribution < 1.29 is 8.42 Å². The third kappa shape index (κ3) is 5.38. The lowest BCUT2D eigenvalue weighted by atomic mass is 10.1. The standard InChI is InChI=1S/C18H27N3O2S2/c1-19-18(20-11-15-8-10-25(22,23)14-15)21-9-7-16(12-21)13-24-17-5-3-2-4-6-17/h2-6,15-16H,7-14H2,1H3,(H,19,20). The van der Waals surface area contributed by atoms with Gasteiger partial charge < -0.3 is 10.2 Å². The SMILES string of the molecule is CN=C(NCC1CCS(=O)(=O)C1)N1CCC(CSc2ccccc2)C1. The highest BCUT2D eigenvalue weighted by Crippen LogP contribution is 2.26. The van der Waals surface area contributed by atoms with Crippen molar-refractivity contribution >= 4 is 27.6 Å². The summed E-state index contributed by atoms with van der Waals surface area (Å²) in [5.41, 5.74) is 0. The molecule has 0 spiro atoms. The first-order valence-corrected chi connectivity index (χ1v) is 11.7. The largest absolute Gasteiger partial charge is 0.356 e. The molecule has 2 atom stereocenters. The molecule has 0 aliphatic carbocycles. The van der Waals surface area contributed by atoms with Crippen LogP contribution < -0.4 is 5.32 Å². The summed E-state index contributed by atoms with van der Waals surface area (Å²) >= 11 is 1.92. The molecular weight excluding hydrogens is 354 g/mol. The predicted octanol–water partition coefficient (Wildman–Crippen LogP) is 2.11. The normalized spacial score (nSPS) is 26.1. The second kappa shape index (κ2) is 8.45. The molecule has 0 amide bonds. The summed E-state index contributed by atoms with van der Waals surface area (Å²) in [5.74, 6) is 3.56. The van der Waals surface area contributed by atoms with Gasteiger partial charge in [0.15, 0.2) is 15.8 Å². The predicted molar refractivity (Wildman–Crippen MR) is 105 cm³/mol. The minimum absolute atomic E-state index is 0.216. The van der Waals surface area contributed by atoms with E-state index in [4.69, 9.17) is 0 Å². The Labute approximate surface area is 155 Å². The Bertz CT molecular complexity index is 692. The fourth-order valence-electron chi connectivity index (χ4n) is 3.49. The summed E-state index contributed by atoms with van der Waals surface area (Å²) in [5, 5.41) is 3.39. The number of hydrogen-bond donors (Lipinski definition) is 1. The van der Waals surface area contributed by atoms with E-state index in [1.54, 1.807) is 7.05 Å². The highest BCUT2D eigenvalue weighted by atomic mass is 32.2. The van der Waals surface area contributed by atoms with Crippen molar-refractivity contribution in [1.29, 1.82) is 0 Å². The van der Waals surface area contributed by atoms with Crippen LogP contribution in [0.25, 0.3) is 0 Å². The molecule has 2 fully saturated rings. The minimum atomic E-state index is -2.81. The topological polar surface area (TPSA) is 61.8 Å². The Kier molecular flexibility index (Phi) is 6.28. The van der Waals surface area contributed by atoms with Crippen LogP contribution in [0, 0.1) is 11.8 Å². The molecule has 2 unspecified atom stereocenters. The van der Waals surface area contributed by atoms with E-state index in [0.29, 0.717) is 24.0 Å². The number of rotatable bonds is 5. The van der Waals surface area contributed by atoms with Crippen LogP contribution in [-0.2, 0) is 9.84 Å². The van der Waals surface area contributed by atoms with Gasteiger partial charge in [0, 0.05) is 37.3 Å². The fourth-order valence-corrected chi connectivity index (χ4v) is 6.40. The summed E-state index contributed by atoms with van der Waals surface area (Å²) < 4.78 is 23.1. The van der Waals surface area contributed by atoms with E-state index in [9.17, 15) is 8.42 Å². The van der Waals surface area contributed by atoms with Gasteiger partial charge in [0.2, 0.25) is 0 Å². The molecule has 3 rings (SSSR count). The van der Waals surface area contributed by atoms with Crippen LogP contribution >= 0.6 is 11.8 Å². The Hall–Kier alpha value is -1.21. The molecule has 2 heterocycles. The zero-order valence-corrected chi connectivity index (χ0v) is 16.4. The summed E-state index contributed by atoms with van der Waals surface area (Å²) in [6, 6.07) is 10.5. The van der Waals surface area contributed by atoms with Crippen LogP contribution in [0.15, 0.2) is 40.2 Å². The van der Waals surface area contributed by atoms with E-state index in [-0.39, 0.29) is 5.92 Å². The highest BCUT2D eigenvalue weighted by Gasteiger charge is 2.29. The number of nitrogens with one attached hydrogen (secondary N) is 1. The van der Waals surface area contributed by atoms with Crippen molar-refractivity contribution in [2.75, 3.05) is 43.9 Å². The lowest BCUT2D eigenvalue weighted by Gasteiger charge is -2.23. The van der Waals surface area contributed by atoms with Crippen LogP contribution in [0.1, 0.15) is 12.8 Å². The molecule has 2 aliphatic heterocycles.